The lowest BCUT2D eigenvalue weighted by Crippen LogP contribution is -2.32. The first-order valence-corrected chi connectivity index (χ1v) is 8.47. The van der Waals surface area contributed by atoms with E-state index in [2.05, 4.69) is 9.51 Å². The van der Waals surface area contributed by atoms with Crippen molar-refractivity contribution in [3.05, 3.63) is 30.1 Å². The first-order chi connectivity index (χ1) is 8.64. The standard InChI is InChI=1S/C9H15NO7P2/c1-2-17-19(15,16)9(11,18(12,13)14)6-8-4-3-5-10-7-8/h3-5,7,11H,2,6H2,1H3,(H,15,16)(H2,12,13,14)/t9-/m1/s1. The van der Waals surface area contributed by atoms with E-state index in [0.717, 1.165) is 0 Å². The van der Waals surface area contributed by atoms with E-state index in [9.17, 15) is 28.9 Å². The predicted octanol–water partition coefficient (Wildman–Crippen LogP) is 0.670. The molecule has 1 unspecified atom stereocenters. The van der Waals surface area contributed by atoms with Gasteiger partial charge in [0.05, 0.1) is 6.61 Å². The van der Waals surface area contributed by atoms with Crippen LogP contribution in [0.3, 0.4) is 0 Å². The molecular formula is C9H15NO7P2. The van der Waals surface area contributed by atoms with Crippen LogP contribution in [0.4, 0.5) is 0 Å². The summed E-state index contributed by atoms with van der Waals surface area (Å²) in [7, 11) is -10.3. The van der Waals surface area contributed by atoms with E-state index in [0.29, 0.717) is 0 Å². The first kappa shape index (κ1) is 16.5. The Kier molecular flexibility index (Phi) is 5.03. The summed E-state index contributed by atoms with van der Waals surface area (Å²) in [5.41, 5.74) is 0.197. The fraction of sp³-hybridized carbons (Fsp3) is 0.444. The van der Waals surface area contributed by atoms with Gasteiger partial charge >= 0.3 is 15.2 Å². The lowest BCUT2D eigenvalue weighted by atomic mass is 10.2. The Morgan fingerprint density at radius 3 is 2.42 bits per heavy atom. The molecule has 0 aromatic carbocycles. The second kappa shape index (κ2) is 5.81. The normalized spacial score (nSPS) is 18.6. The number of rotatable bonds is 6. The van der Waals surface area contributed by atoms with Gasteiger partial charge in [0.2, 0.25) is 0 Å². The Hall–Kier alpha value is -0.590. The van der Waals surface area contributed by atoms with E-state index in [1.165, 1.54) is 31.5 Å². The zero-order valence-corrected chi connectivity index (χ0v) is 11.9. The highest BCUT2D eigenvalue weighted by Crippen LogP contribution is 2.70. The van der Waals surface area contributed by atoms with Crippen molar-refractivity contribution in [2.24, 2.45) is 0 Å². The van der Waals surface area contributed by atoms with E-state index in [1.54, 1.807) is 0 Å². The number of pyridine rings is 1. The van der Waals surface area contributed by atoms with Crippen LogP contribution in [0, 0.1) is 0 Å². The number of hydrogen-bond donors (Lipinski definition) is 4. The third-order valence-electron chi connectivity index (χ3n) is 2.39. The third-order valence-corrected chi connectivity index (χ3v) is 6.69. The van der Waals surface area contributed by atoms with Gasteiger partial charge in [-0.3, -0.25) is 14.1 Å². The molecule has 0 saturated heterocycles. The van der Waals surface area contributed by atoms with Gasteiger partial charge in [0, 0.05) is 18.8 Å². The van der Waals surface area contributed by atoms with E-state index < -0.39 is 26.7 Å². The first-order valence-electron chi connectivity index (χ1n) is 5.28. The molecule has 0 aliphatic heterocycles. The van der Waals surface area contributed by atoms with Crippen LogP contribution in [0.25, 0.3) is 0 Å². The summed E-state index contributed by atoms with van der Waals surface area (Å²) in [5, 5.41) is 6.84. The summed E-state index contributed by atoms with van der Waals surface area (Å²) >= 11 is 0. The van der Waals surface area contributed by atoms with Crippen LogP contribution in [0.1, 0.15) is 12.5 Å². The quantitative estimate of drug-likeness (QED) is 0.562. The Balaban J connectivity index is 3.23. The van der Waals surface area contributed by atoms with Crippen LogP contribution in [0.15, 0.2) is 24.5 Å². The monoisotopic (exact) mass is 311 g/mol. The third kappa shape index (κ3) is 3.49. The highest BCUT2D eigenvalue weighted by molar-refractivity contribution is 7.72. The molecule has 0 aliphatic carbocycles. The molecule has 0 aliphatic rings. The summed E-state index contributed by atoms with van der Waals surface area (Å²) < 4.78 is 27.7. The van der Waals surface area contributed by atoms with Gasteiger partial charge in [-0.15, -0.1) is 0 Å². The van der Waals surface area contributed by atoms with E-state index in [4.69, 9.17) is 0 Å². The van der Waals surface area contributed by atoms with Gasteiger partial charge in [-0.25, -0.2) is 0 Å². The highest BCUT2D eigenvalue weighted by Gasteiger charge is 2.60. The molecule has 4 N–H and O–H groups in total. The van der Waals surface area contributed by atoms with Crippen LogP contribution < -0.4 is 0 Å². The maximum Gasteiger partial charge on any atom is 0.372 e. The summed E-state index contributed by atoms with van der Waals surface area (Å²) in [4.78, 5) is 31.7. The minimum Gasteiger partial charge on any atom is -0.367 e. The molecule has 1 rings (SSSR count). The van der Waals surface area contributed by atoms with E-state index in [-0.39, 0.29) is 12.2 Å². The van der Waals surface area contributed by atoms with Gasteiger partial charge in [-0.1, -0.05) is 6.07 Å². The number of aromatic nitrogens is 1. The summed E-state index contributed by atoms with van der Waals surface area (Å²) in [6.45, 7) is 1.09. The van der Waals surface area contributed by atoms with Crippen LogP contribution in [0.2, 0.25) is 0 Å². The fourth-order valence-electron chi connectivity index (χ4n) is 1.42. The van der Waals surface area contributed by atoms with Gasteiger partial charge in [0.1, 0.15) is 0 Å². The Morgan fingerprint density at radius 2 is 2.00 bits per heavy atom. The van der Waals surface area contributed by atoms with Crippen LogP contribution in [0.5, 0.6) is 0 Å². The molecule has 0 fully saturated rings. The zero-order valence-electron chi connectivity index (χ0n) is 10.1. The van der Waals surface area contributed by atoms with Gasteiger partial charge in [-0.2, -0.15) is 0 Å². The molecule has 0 radical (unpaired) electrons. The topological polar surface area (TPSA) is 137 Å². The van der Waals surface area contributed by atoms with Crippen molar-refractivity contribution >= 4 is 15.2 Å². The summed E-state index contributed by atoms with van der Waals surface area (Å²) in [5.74, 6) is 0. The van der Waals surface area contributed by atoms with E-state index >= 15 is 0 Å². The number of hydrogen-bond acceptors (Lipinski definition) is 5. The van der Waals surface area contributed by atoms with Crippen molar-refractivity contribution < 1.29 is 33.4 Å². The molecule has 0 spiro atoms. The lowest BCUT2D eigenvalue weighted by Gasteiger charge is -2.31. The Morgan fingerprint density at radius 1 is 1.37 bits per heavy atom. The smallest absolute Gasteiger partial charge is 0.367 e. The SMILES string of the molecule is CCOP(=O)(O)[C@@](O)(Cc1cccnc1)P(=O)(O)O. The molecule has 108 valence electrons. The van der Waals surface area contributed by atoms with E-state index in [1.807, 2.05) is 0 Å². The lowest BCUT2D eigenvalue weighted by molar-refractivity contribution is 0.117. The molecule has 0 bridgehead atoms. The second-order valence-electron chi connectivity index (χ2n) is 3.79. The number of aliphatic hydroxyl groups is 1. The minimum atomic E-state index is -5.31. The van der Waals surface area contributed by atoms with Crippen LogP contribution in [-0.4, -0.2) is 36.5 Å². The second-order valence-corrected chi connectivity index (χ2v) is 8.01. The molecule has 10 heteroatoms. The van der Waals surface area contributed by atoms with Gasteiger partial charge in [0.15, 0.2) is 0 Å². The molecule has 0 saturated carbocycles. The molecule has 8 nitrogen and oxygen atoms in total. The molecule has 1 aromatic rings. The van der Waals surface area contributed by atoms with Crippen molar-refractivity contribution in [1.29, 1.82) is 0 Å². The van der Waals surface area contributed by atoms with Gasteiger partial charge in [-0.05, 0) is 18.6 Å². The average molecular weight is 311 g/mol. The molecule has 2 atom stereocenters. The van der Waals surface area contributed by atoms with Crippen molar-refractivity contribution in [2.45, 2.75) is 18.4 Å². The molecule has 1 heterocycles. The average Bonchev–Trinajstić information content (AvgIpc) is 2.28. The fourth-order valence-corrected chi connectivity index (χ4v) is 4.24. The number of nitrogens with zero attached hydrogens (tertiary/aromatic N) is 1. The summed E-state index contributed by atoms with van der Waals surface area (Å²) in [6.07, 6.45) is 1.90. The molecule has 19 heavy (non-hydrogen) atoms. The van der Waals surface area contributed by atoms with Crippen molar-refractivity contribution in [3.8, 4) is 0 Å². The Bertz CT molecular complexity index is 517. The predicted molar refractivity (Wildman–Crippen MR) is 66.4 cm³/mol. The zero-order chi connectivity index (χ0) is 14.7. The van der Waals surface area contributed by atoms with Gasteiger partial charge in [0.25, 0.3) is 5.08 Å². The van der Waals surface area contributed by atoms with Crippen LogP contribution >= 0.6 is 15.2 Å². The van der Waals surface area contributed by atoms with Crippen LogP contribution in [-0.2, 0) is 20.1 Å². The van der Waals surface area contributed by atoms with Crippen molar-refractivity contribution in [2.75, 3.05) is 6.61 Å². The maximum atomic E-state index is 11.9. The molecule has 0 amide bonds. The minimum absolute atomic E-state index is 0.197. The maximum absolute atomic E-state index is 11.9. The van der Waals surface area contributed by atoms with Crippen molar-refractivity contribution in [3.63, 3.8) is 0 Å². The largest absolute Gasteiger partial charge is 0.372 e. The highest BCUT2D eigenvalue weighted by atomic mass is 31.2. The van der Waals surface area contributed by atoms with Crippen molar-refractivity contribution in [1.82, 2.24) is 4.98 Å². The summed E-state index contributed by atoms with van der Waals surface area (Å²) in [6, 6.07) is 2.89. The van der Waals surface area contributed by atoms with Gasteiger partial charge < -0.3 is 24.3 Å². The molecule has 1 aromatic heterocycles. The molecular weight excluding hydrogens is 296 g/mol. The Labute approximate surface area is 109 Å².